The number of hydrogen-bond donors (Lipinski definition) is 1. The predicted octanol–water partition coefficient (Wildman–Crippen LogP) is 3.20. The number of methoxy groups -OCH3 is 1. The number of hydrogen-bond acceptors (Lipinski definition) is 4. The SMILES string of the molecule is COc1ccc(CCC(=O)O[C@H](C)C(=O)Nc2ccccc2)cc1. The van der Waals surface area contributed by atoms with Crippen molar-refractivity contribution in [2.24, 2.45) is 0 Å². The molecule has 0 aliphatic rings. The van der Waals surface area contributed by atoms with Crippen molar-refractivity contribution in [2.45, 2.75) is 25.9 Å². The number of benzene rings is 2. The number of aryl methyl sites for hydroxylation is 1. The molecule has 0 radical (unpaired) electrons. The van der Waals surface area contributed by atoms with Crippen molar-refractivity contribution in [2.75, 3.05) is 12.4 Å². The van der Waals surface area contributed by atoms with Gasteiger partial charge in [-0.2, -0.15) is 0 Å². The van der Waals surface area contributed by atoms with Gasteiger partial charge >= 0.3 is 5.97 Å². The number of amides is 1. The lowest BCUT2D eigenvalue weighted by atomic mass is 10.1. The summed E-state index contributed by atoms with van der Waals surface area (Å²) in [4.78, 5) is 23.9. The molecule has 1 atom stereocenters. The minimum atomic E-state index is -0.839. The average Bonchev–Trinajstić information content (AvgIpc) is 2.61. The molecular formula is C19H21NO4. The van der Waals surface area contributed by atoms with E-state index in [0.717, 1.165) is 11.3 Å². The zero-order valence-corrected chi connectivity index (χ0v) is 13.8. The van der Waals surface area contributed by atoms with Gasteiger partial charge in [0.05, 0.1) is 7.11 Å². The molecule has 0 fully saturated rings. The second-order valence-electron chi connectivity index (χ2n) is 5.34. The highest BCUT2D eigenvalue weighted by molar-refractivity contribution is 5.95. The summed E-state index contributed by atoms with van der Waals surface area (Å²) in [6, 6.07) is 16.5. The number of anilines is 1. The first-order chi connectivity index (χ1) is 11.6. The van der Waals surface area contributed by atoms with Gasteiger partial charge in [0.25, 0.3) is 5.91 Å². The smallest absolute Gasteiger partial charge is 0.306 e. The van der Waals surface area contributed by atoms with Gasteiger partial charge in [0.1, 0.15) is 5.75 Å². The van der Waals surface area contributed by atoms with Gasteiger partial charge in [-0.1, -0.05) is 30.3 Å². The minimum absolute atomic E-state index is 0.218. The van der Waals surface area contributed by atoms with Crippen molar-refractivity contribution in [1.29, 1.82) is 0 Å². The number of carbonyl (C=O) groups excluding carboxylic acids is 2. The van der Waals surface area contributed by atoms with Gasteiger partial charge in [-0.05, 0) is 43.2 Å². The predicted molar refractivity (Wildman–Crippen MR) is 91.9 cm³/mol. The lowest BCUT2D eigenvalue weighted by Crippen LogP contribution is -2.30. The third kappa shape index (κ3) is 5.43. The van der Waals surface area contributed by atoms with Crippen LogP contribution in [0.25, 0.3) is 0 Å². The molecule has 0 aliphatic heterocycles. The molecule has 0 heterocycles. The molecule has 1 amide bonds. The summed E-state index contributed by atoms with van der Waals surface area (Å²) in [5.41, 5.74) is 1.68. The molecule has 0 spiro atoms. The molecule has 0 bridgehead atoms. The van der Waals surface area contributed by atoms with E-state index in [0.29, 0.717) is 12.1 Å². The lowest BCUT2D eigenvalue weighted by Gasteiger charge is -2.13. The fourth-order valence-electron chi connectivity index (χ4n) is 2.11. The number of para-hydroxylation sites is 1. The van der Waals surface area contributed by atoms with Gasteiger partial charge in [-0.3, -0.25) is 9.59 Å². The van der Waals surface area contributed by atoms with Gasteiger partial charge in [-0.25, -0.2) is 0 Å². The quantitative estimate of drug-likeness (QED) is 0.793. The maximum Gasteiger partial charge on any atom is 0.306 e. The zero-order chi connectivity index (χ0) is 17.4. The van der Waals surface area contributed by atoms with E-state index in [4.69, 9.17) is 9.47 Å². The van der Waals surface area contributed by atoms with Crippen LogP contribution in [-0.2, 0) is 20.7 Å². The Balaban J connectivity index is 1.77. The molecule has 5 heteroatoms. The standard InChI is InChI=1S/C19H21NO4/c1-14(19(22)20-16-6-4-3-5-7-16)24-18(21)13-10-15-8-11-17(23-2)12-9-15/h3-9,11-12,14H,10,13H2,1-2H3,(H,20,22)/t14-/m1/s1. The van der Waals surface area contributed by atoms with E-state index < -0.39 is 12.1 Å². The Morgan fingerprint density at radius 3 is 2.33 bits per heavy atom. The molecule has 0 unspecified atom stereocenters. The van der Waals surface area contributed by atoms with E-state index in [1.165, 1.54) is 0 Å². The second kappa shape index (κ2) is 8.72. The van der Waals surface area contributed by atoms with E-state index in [-0.39, 0.29) is 12.3 Å². The maximum atomic E-state index is 12.0. The van der Waals surface area contributed by atoms with Crippen LogP contribution in [0.4, 0.5) is 5.69 Å². The third-order valence-corrected chi connectivity index (χ3v) is 3.50. The van der Waals surface area contributed by atoms with E-state index in [2.05, 4.69) is 5.32 Å². The molecular weight excluding hydrogens is 306 g/mol. The highest BCUT2D eigenvalue weighted by atomic mass is 16.5. The molecule has 0 aromatic heterocycles. The number of carbonyl (C=O) groups is 2. The van der Waals surface area contributed by atoms with Crippen molar-refractivity contribution in [1.82, 2.24) is 0 Å². The normalized spacial score (nSPS) is 11.4. The molecule has 2 aromatic carbocycles. The second-order valence-corrected chi connectivity index (χ2v) is 5.34. The first-order valence-corrected chi connectivity index (χ1v) is 7.77. The summed E-state index contributed by atoms with van der Waals surface area (Å²) < 4.78 is 10.3. The largest absolute Gasteiger partial charge is 0.497 e. The molecule has 0 saturated carbocycles. The Bertz CT molecular complexity index is 668. The molecule has 0 aliphatic carbocycles. The summed E-state index contributed by atoms with van der Waals surface area (Å²) in [7, 11) is 1.61. The van der Waals surface area contributed by atoms with Crippen molar-refractivity contribution < 1.29 is 19.1 Å². The van der Waals surface area contributed by atoms with Crippen LogP contribution in [-0.4, -0.2) is 25.1 Å². The monoisotopic (exact) mass is 327 g/mol. The van der Waals surface area contributed by atoms with Crippen LogP contribution < -0.4 is 10.1 Å². The zero-order valence-electron chi connectivity index (χ0n) is 13.8. The van der Waals surface area contributed by atoms with Gasteiger partial charge in [0.15, 0.2) is 6.10 Å². The topological polar surface area (TPSA) is 64.6 Å². The molecule has 5 nitrogen and oxygen atoms in total. The van der Waals surface area contributed by atoms with Crippen molar-refractivity contribution in [3.8, 4) is 5.75 Å². The first kappa shape index (κ1) is 17.5. The Kier molecular flexibility index (Phi) is 6.37. The maximum absolute atomic E-state index is 12.0. The molecule has 2 aromatic rings. The molecule has 24 heavy (non-hydrogen) atoms. The summed E-state index contributed by atoms with van der Waals surface area (Å²) in [6.45, 7) is 1.56. The molecule has 126 valence electrons. The summed E-state index contributed by atoms with van der Waals surface area (Å²) in [5.74, 6) is 0.0214. The van der Waals surface area contributed by atoms with Crippen LogP contribution in [0.2, 0.25) is 0 Å². The molecule has 0 saturated heterocycles. The van der Waals surface area contributed by atoms with Crippen LogP contribution in [0.3, 0.4) is 0 Å². The number of rotatable bonds is 7. The third-order valence-electron chi connectivity index (χ3n) is 3.50. The highest BCUT2D eigenvalue weighted by Crippen LogP contribution is 2.13. The van der Waals surface area contributed by atoms with Gasteiger partial charge < -0.3 is 14.8 Å². The Hall–Kier alpha value is -2.82. The average molecular weight is 327 g/mol. The summed E-state index contributed by atoms with van der Waals surface area (Å²) in [5, 5.41) is 2.70. The fraction of sp³-hybridized carbons (Fsp3) is 0.263. The summed E-state index contributed by atoms with van der Waals surface area (Å²) in [6.07, 6.45) is -0.0703. The van der Waals surface area contributed by atoms with Crippen molar-refractivity contribution >= 4 is 17.6 Å². The van der Waals surface area contributed by atoms with Gasteiger partial charge in [0.2, 0.25) is 0 Å². The van der Waals surface area contributed by atoms with Crippen molar-refractivity contribution in [3.05, 3.63) is 60.2 Å². The van der Waals surface area contributed by atoms with Crippen LogP contribution in [0.15, 0.2) is 54.6 Å². The highest BCUT2D eigenvalue weighted by Gasteiger charge is 2.17. The van der Waals surface area contributed by atoms with Gasteiger partial charge in [-0.15, -0.1) is 0 Å². The number of ether oxygens (including phenoxy) is 2. The van der Waals surface area contributed by atoms with E-state index in [9.17, 15) is 9.59 Å². The Morgan fingerprint density at radius 1 is 1.04 bits per heavy atom. The van der Waals surface area contributed by atoms with E-state index in [1.807, 2.05) is 42.5 Å². The molecule has 1 N–H and O–H groups in total. The van der Waals surface area contributed by atoms with Gasteiger partial charge in [0, 0.05) is 12.1 Å². The van der Waals surface area contributed by atoms with Crippen molar-refractivity contribution in [3.63, 3.8) is 0 Å². The minimum Gasteiger partial charge on any atom is -0.497 e. The van der Waals surface area contributed by atoms with Crippen LogP contribution in [0, 0.1) is 0 Å². The summed E-state index contributed by atoms with van der Waals surface area (Å²) >= 11 is 0. The van der Waals surface area contributed by atoms with Crippen LogP contribution in [0.1, 0.15) is 18.9 Å². The Labute approximate surface area is 141 Å². The van der Waals surface area contributed by atoms with E-state index in [1.54, 1.807) is 26.2 Å². The first-order valence-electron chi connectivity index (χ1n) is 7.77. The lowest BCUT2D eigenvalue weighted by molar-refractivity contribution is -0.153. The molecule has 2 rings (SSSR count). The van der Waals surface area contributed by atoms with E-state index >= 15 is 0 Å². The number of esters is 1. The van der Waals surface area contributed by atoms with Crippen LogP contribution >= 0.6 is 0 Å². The Morgan fingerprint density at radius 2 is 1.71 bits per heavy atom. The van der Waals surface area contributed by atoms with Crippen LogP contribution in [0.5, 0.6) is 5.75 Å². The number of nitrogens with one attached hydrogen (secondary N) is 1. The fourth-order valence-corrected chi connectivity index (χ4v) is 2.11.